The summed E-state index contributed by atoms with van der Waals surface area (Å²) >= 11 is 0. The van der Waals surface area contributed by atoms with Gasteiger partial charge in [-0.05, 0) is 63.8 Å². The van der Waals surface area contributed by atoms with Crippen LogP contribution in [-0.4, -0.2) is 10.9 Å². The molecule has 3 heteroatoms. The van der Waals surface area contributed by atoms with Crippen molar-refractivity contribution in [1.82, 2.24) is 4.98 Å². The van der Waals surface area contributed by atoms with Crippen molar-refractivity contribution in [2.45, 2.75) is 47.5 Å². The Morgan fingerprint density at radius 3 is 2.41 bits per heavy atom. The zero-order valence-corrected chi connectivity index (χ0v) is 14.1. The maximum absolute atomic E-state index is 12.2. The topological polar surface area (TPSA) is 42.0 Å². The normalized spacial score (nSPS) is 10.6. The van der Waals surface area contributed by atoms with Crippen LogP contribution >= 0.6 is 0 Å². The van der Waals surface area contributed by atoms with Gasteiger partial charge in [0.2, 0.25) is 5.91 Å². The summed E-state index contributed by atoms with van der Waals surface area (Å²) in [5.74, 6) is 0.0387. The van der Waals surface area contributed by atoms with E-state index in [0.29, 0.717) is 6.42 Å². The number of rotatable bonds is 4. The molecule has 0 bridgehead atoms. The summed E-state index contributed by atoms with van der Waals surface area (Å²) in [5, 5.41) is 3.01. The molecule has 0 fully saturated rings. The van der Waals surface area contributed by atoms with Gasteiger partial charge in [-0.3, -0.25) is 9.78 Å². The fraction of sp³-hybridized carbons (Fsp3) is 0.368. The summed E-state index contributed by atoms with van der Waals surface area (Å²) < 4.78 is 0. The zero-order chi connectivity index (χ0) is 16.3. The lowest BCUT2D eigenvalue weighted by Crippen LogP contribution is -2.15. The van der Waals surface area contributed by atoms with Crippen molar-refractivity contribution >= 4 is 11.6 Å². The van der Waals surface area contributed by atoms with E-state index in [1.54, 1.807) is 0 Å². The van der Waals surface area contributed by atoms with Gasteiger partial charge in [0.25, 0.3) is 0 Å². The third kappa shape index (κ3) is 3.94. The van der Waals surface area contributed by atoms with Crippen molar-refractivity contribution in [1.29, 1.82) is 0 Å². The SMILES string of the molecule is Cc1ccc(CCC(=O)Nc2c(C)cc(C)nc2C)c(C)c1. The predicted molar refractivity (Wildman–Crippen MR) is 91.3 cm³/mol. The van der Waals surface area contributed by atoms with Crippen LogP contribution in [0.3, 0.4) is 0 Å². The number of amides is 1. The van der Waals surface area contributed by atoms with Crippen LogP contribution in [0.25, 0.3) is 0 Å². The molecule has 1 heterocycles. The monoisotopic (exact) mass is 296 g/mol. The molecular weight excluding hydrogens is 272 g/mol. The molecule has 1 amide bonds. The van der Waals surface area contributed by atoms with Crippen LogP contribution in [0.2, 0.25) is 0 Å². The maximum atomic E-state index is 12.2. The van der Waals surface area contributed by atoms with Gasteiger partial charge >= 0.3 is 0 Å². The second-order valence-corrected chi connectivity index (χ2v) is 6.02. The summed E-state index contributed by atoms with van der Waals surface area (Å²) in [6.07, 6.45) is 1.24. The third-order valence-corrected chi connectivity index (χ3v) is 3.91. The van der Waals surface area contributed by atoms with E-state index >= 15 is 0 Å². The lowest BCUT2D eigenvalue weighted by molar-refractivity contribution is -0.116. The van der Waals surface area contributed by atoms with Crippen molar-refractivity contribution in [3.63, 3.8) is 0 Å². The molecule has 2 rings (SSSR count). The van der Waals surface area contributed by atoms with E-state index in [1.807, 2.05) is 26.8 Å². The summed E-state index contributed by atoms with van der Waals surface area (Å²) in [4.78, 5) is 16.6. The average Bonchev–Trinajstić information content (AvgIpc) is 2.42. The lowest BCUT2D eigenvalue weighted by atomic mass is 10.0. The minimum Gasteiger partial charge on any atom is -0.324 e. The number of hydrogen-bond acceptors (Lipinski definition) is 2. The van der Waals surface area contributed by atoms with Gasteiger partial charge in [0.05, 0.1) is 11.4 Å². The molecule has 0 spiro atoms. The Morgan fingerprint density at radius 2 is 1.77 bits per heavy atom. The van der Waals surface area contributed by atoms with Crippen LogP contribution in [0.5, 0.6) is 0 Å². The van der Waals surface area contributed by atoms with Gasteiger partial charge in [-0.25, -0.2) is 0 Å². The van der Waals surface area contributed by atoms with Gasteiger partial charge in [-0.15, -0.1) is 0 Å². The molecule has 0 radical (unpaired) electrons. The second-order valence-electron chi connectivity index (χ2n) is 6.02. The van der Waals surface area contributed by atoms with Gasteiger partial charge in [-0.2, -0.15) is 0 Å². The lowest BCUT2D eigenvalue weighted by Gasteiger charge is -2.12. The molecule has 0 aliphatic carbocycles. The zero-order valence-electron chi connectivity index (χ0n) is 14.1. The number of aromatic nitrogens is 1. The molecule has 1 N–H and O–H groups in total. The van der Waals surface area contributed by atoms with Crippen LogP contribution in [0, 0.1) is 34.6 Å². The molecule has 0 atom stereocenters. The first-order chi connectivity index (χ1) is 10.4. The number of anilines is 1. The molecule has 116 valence electrons. The molecule has 0 unspecified atom stereocenters. The molecule has 0 saturated carbocycles. The smallest absolute Gasteiger partial charge is 0.224 e. The van der Waals surface area contributed by atoms with Gasteiger partial charge in [0.15, 0.2) is 0 Å². The first kappa shape index (κ1) is 16.2. The molecule has 0 aliphatic rings. The number of pyridine rings is 1. The highest BCUT2D eigenvalue weighted by Gasteiger charge is 2.10. The largest absolute Gasteiger partial charge is 0.324 e. The number of nitrogens with zero attached hydrogens (tertiary/aromatic N) is 1. The number of hydrogen-bond donors (Lipinski definition) is 1. The van der Waals surface area contributed by atoms with Gasteiger partial charge < -0.3 is 5.32 Å². The van der Waals surface area contributed by atoms with Crippen LogP contribution in [0.4, 0.5) is 5.69 Å². The molecule has 1 aromatic carbocycles. The average molecular weight is 296 g/mol. The Hall–Kier alpha value is -2.16. The minimum atomic E-state index is 0.0387. The minimum absolute atomic E-state index is 0.0387. The maximum Gasteiger partial charge on any atom is 0.224 e. The van der Waals surface area contributed by atoms with Gasteiger partial charge in [-0.1, -0.05) is 23.8 Å². The van der Waals surface area contributed by atoms with Crippen molar-refractivity contribution in [3.8, 4) is 0 Å². The van der Waals surface area contributed by atoms with Gasteiger partial charge in [0.1, 0.15) is 0 Å². The van der Waals surface area contributed by atoms with E-state index in [0.717, 1.165) is 29.1 Å². The highest BCUT2D eigenvalue weighted by Crippen LogP contribution is 2.20. The van der Waals surface area contributed by atoms with E-state index in [1.165, 1.54) is 16.7 Å². The van der Waals surface area contributed by atoms with E-state index in [4.69, 9.17) is 0 Å². The number of carbonyl (C=O) groups is 1. The number of aryl methyl sites for hydroxylation is 6. The fourth-order valence-corrected chi connectivity index (χ4v) is 2.79. The van der Waals surface area contributed by atoms with Gasteiger partial charge in [0, 0.05) is 12.1 Å². The van der Waals surface area contributed by atoms with Crippen LogP contribution in [0.15, 0.2) is 24.3 Å². The summed E-state index contributed by atoms with van der Waals surface area (Å²) in [7, 11) is 0. The van der Waals surface area contributed by atoms with Crippen molar-refractivity contribution in [2.24, 2.45) is 0 Å². The predicted octanol–water partition coefficient (Wildman–Crippen LogP) is 4.20. The number of carbonyl (C=O) groups excluding carboxylic acids is 1. The fourth-order valence-electron chi connectivity index (χ4n) is 2.79. The van der Waals surface area contributed by atoms with Crippen LogP contribution < -0.4 is 5.32 Å². The first-order valence-corrected chi connectivity index (χ1v) is 7.67. The molecular formula is C19H24N2O. The Morgan fingerprint density at radius 1 is 1.05 bits per heavy atom. The molecule has 0 aliphatic heterocycles. The molecule has 2 aromatic rings. The summed E-state index contributed by atoms with van der Waals surface area (Å²) in [5.41, 5.74) is 7.48. The highest BCUT2D eigenvalue weighted by molar-refractivity contribution is 5.92. The van der Waals surface area contributed by atoms with E-state index in [9.17, 15) is 4.79 Å². The second kappa shape index (κ2) is 6.73. The van der Waals surface area contributed by atoms with Crippen LogP contribution in [-0.2, 0) is 11.2 Å². The molecule has 22 heavy (non-hydrogen) atoms. The molecule has 0 saturated heterocycles. The van der Waals surface area contributed by atoms with Crippen LogP contribution in [0.1, 0.15) is 40.1 Å². The Bertz CT molecular complexity index is 682. The first-order valence-electron chi connectivity index (χ1n) is 7.67. The standard InChI is InChI=1S/C19H24N2O/c1-12-6-7-17(13(2)10-12)8-9-18(22)21-19-14(3)11-15(4)20-16(19)5/h6-7,10-11H,8-9H2,1-5H3,(H,21,22). The van der Waals surface area contributed by atoms with E-state index < -0.39 is 0 Å². The molecule has 1 aromatic heterocycles. The molecule has 3 nitrogen and oxygen atoms in total. The third-order valence-electron chi connectivity index (χ3n) is 3.91. The quantitative estimate of drug-likeness (QED) is 0.919. The summed E-state index contributed by atoms with van der Waals surface area (Å²) in [6, 6.07) is 8.36. The van der Waals surface area contributed by atoms with E-state index in [-0.39, 0.29) is 5.91 Å². The van der Waals surface area contributed by atoms with Crippen molar-refractivity contribution in [2.75, 3.05) is 5.32 Å². The Kier molecular flexibility index (Phi) is 4.96. The Labute approximate surface area is 132 Å². The number of benzene rings is 1. The van der Waals surface area contributed by atoms with Crippen molar-refractivity contribution < 1.29 is 4.79 Å². The highest BCUT2D eigenvalue weighted by atomic mass is 16.1. The Balaban J connectivity index is 2.02. The van der Waals surface area contributed by atoms with Crippen molar-refractivity contribution in [3.05, 3.63) is 57.9 Å². The van der Waals surface area contributed by atoms with E-state index in [2.05, 4.69) is 42.3 Å². The number of nitrogens with one attached hydrogen (secondary N) is 1. The summed E-state index contributed by atoms with van der Waals surface area (Å²) in [6.45, 7) is 10.1.